The summed E-state index contributed by atoms with van der Waals surface area (Å²) in [6.07, 6.45) is 1.27. The molecule has 1 N–H and O–H groups in total. The van der Waals surface area contributed by atoms with Crippen LogP contribution in [0.15, 0.2) is 24.3 Å². The van der Waals surface area contributed by atoms with Gasteiger partial charge in [-0.3, -0.25) is 9.59 Å². The van der Waals surface area contributed by atoms with Crippen molar-refractivity contribution in [3.63, 3.8) is 0 Å². The number of nitrogens with zero attached hydrogens (tertiary/aromatic N) is 2. The number of hydrogen-bond acceptors (Lipinski definition) is 3. The van der Waals surface area contributed by atoms with Gasteiger partial charge in [0.25, 0.3) is 0 Å². The number of hydrogen-bond donors (Lipinski definition) is 1. The predicted molar refractivity (Wildman–Crippen MR) is 86.9 cm³/mol. The lowest BCUT2D eigenvalue weighted by Crippen LogP contribution is -2.45. The summed E-state index contributed by atoms with van der Waals surface area (Å²) in [6.45, 7) is 1.00. The Bertz CT molecular complexity index is 622. The Morgan fingerprint density at radius 1 is 1.39 bits per heavy atom. The Morgan fingerprint density at radius 3 is 2.87 bits per heavy atom. The van der Waals surface area contributed by atoms with Crippen molar-refractivity contribution in [2.45, 2.75) is 31.4 Å². The summed E-state index contributed by atoms with van der Waals surface area (Å²) in [5, 5.41) is 10.4. The van der Waals surface area contributed by atoms with E-state index in [1.54, 1.807) is 22.9 Å². The van der Waals surface area contributed by atoms with E-state index < -0.39 is 12.0 Å². The van der Waals surface area contributed by atoms with Crippen molar-refractivity contribution < 1.29 is 14.7 Å². The molecule has 3 unspecified atom stereocenters. The standard InChI is InChI=1S/C17H21ClN2O3/c1-19-15(22)9-14(16(19)11-4-2-5-12(18)8-11)17(23)20-7-3-6-13(21)10-20/h2,4-5,8,13-14,16,21H,3,6-7,9-10H2,1H3. The van der Waals surface area contributed by atoms with E-state index in [2.05, 4.69) is 0 Å². The van der Waals surface area contributed by atoms with Gasteiger partial charge in [-0.05, 0) is 30.5 Å². The van der Waals surface area contributed by atoms with Crippen molar-refractivity contribution in [3.05, 3.63) is 34.9 Å². The lowest BCUT2D eigenvalue weighted by atomic mass is 9.91. The van der Waals surface area contributed by atoms with Crippen LogP contribution in [-0.4, -0.2) is 53.0 Å². The van der Waals surface area contributed by atoms with Gasteiger partial charge in [0.15, 0.2) is 0 Å². The zero-order chi connectivity index (χ0) is 16.6. The molecule has 2 amide bonds. The number of aliphatic hydroxyl groups is 1. The Hall–Kier alpha value is -1.59. The van der Waals surface area contributed by atoms with Crippen LogP contribution >= 0.6 is 11.6 Å². The molecule has 0 aliphatic carbocycles. The van der Waals surface area contributed by atoms with Crippen LogP contribution in [0, 0.1) is 5.92 Å². The number of likely N-dealkylation sites (tertiary alicyclic amines) is 2. The molecule has 0 bridgehead atoms. The third-order valence-electron chi connectivity index (χ3n) is 4.80. The first kappa shape index (κ1) is 16.3. The average Bonchev–Trinajstić information content (AvgIpc) is 2.82. The first-order valence-corrected chi connectivity index (χ1v) is 8.33. The van der Waals surface area contributed by atoms with Crippen molar-refractivity contribution in [2.24, 2.45) is 5.92 Å². The number of aliphatic hydroxyl groups excluding tert-OH is 1. The molecule has 1 aromatic carbocycles. The molecular weight excluding hydrogens is 316 g/mol. The maximum Gasteiger partial charge on any atom is 0.228 e. The quantitative estimate of drug-likeness (QED) is 0.896. The van der Waals surface area contributed by atoms with Gasteiger partial charge in [0.05, 0.1) is 18.1 Å². The van der Waals surface area contributed by atoms with Gasteiger partial charge in [0.2, 0.25) is 11.8 Å². The molecule has 23 heavy (non-hydrogen) atoms. The predicted octanol–water partition coefficient (Wildman–Crippen LogP) is 1.84. The zero-order valence-electron chi connectivity index (χ0n) is 13.1. The van der Waals surface area contributed by atoms with Crippen molar-refractivity contribution in [1.82, 2.24) is 9.80 Å². The van der Waals surface area contributed by atoms with Gasteiger partial charge in [-0.1, -0.05) is 23.7 Å². The van der Waals surface area contributed by atoms with Crippen molar-refractivity contribution in [3.8, 4) is 0 Å². The van der Waals surface area contributed by atoms with Crippen molar-refractivity contribution in [2.75, 3.05) is 20.1 Å². The normalized spacial score (nSPS) is 28.3. The molecule has 2 fully saturated rings. The number of halogens is 1. The highest BCUT2D eigenvalue weighted by Crippen LogP contribution is 2.39. The van der Waals surface area contributed by atoms with Crippen LogP contribution in [0.4, 0.5) is 0 Å². The maximum absolute atomic E-state index is 12.9. The summed E-state index contributed by atoms with van der Waals surface area (Å²) >= 11 is 6.07. The highest BCUT2D eigenvalue weighted by Gasteiger charge is 2.44. The van der Waals surface area contributed by atoms with Crippen LogP contribution in [0.25, 0.3) is 0 Å². The first-order chi connectivity index (χ1) is 11.0. The van der Waals surface area contributed by atoms with Crippen LogP contribution in [-0.2, 0) is 9.59 Å². The van der Waals surface area contributed by atoms with E-state index in [4.69, 9.17) is 11.6 Å². The fraction of sp³-hybridized carbons (Fsp3) is 0.529. The monoisotopic (exact) mass is 336 g/mol. The number of amides is 2. The molecule has 124 valence electrons. The first-order valence-electron chi connectivity index (χ1n) is 7.95. The van der Waals surface area contributed by atoms with E-state index in [-0.39, 0.29) is 24.3 Å². The van der Waals surface area contributed by atoms with Crippen LogP contribution < -0.4 is 0 Å². The molecule has 2 saturated heterocycles. The minimum absolute atomic E-state index is 0.0362. The molecule has 3 atom stereocenters. The van der Waals surface area contributed by atoms with E-state index in [9.17, 15) is 14.7 Å². The van der Waals surface area contributed by atoms with Gasteiger partial charge in [-0.25, -0.2) is 0 Å². The fourth-order valence-electron chi connectivity index (χ4n) is 3.63. The van der Waals surface area contributed by atoms with Gasteiger partial charge in [-0.2, -0.15) is 0 Å². The Labute approximate surface area is 140 Å². The van der Waals surface area contributed by atoms with Crippen LogP contribution in [0.2, 0.25) is 5.02 Å². The van der Waals surface area contributed by atoms with Gasteiger partial charge in [0.1, 0.15) is 0 Å². The second-order valence-corrected chi connectivity index (χ2v) is 6.83. The van der Waals surface area contributed by atoms with Crippen molar-refractivity contribution in [1.29, 1.82) is 0 Å². The average molecular weight is 337 g/mol. The zero-order valence-corrected chi connectivity index (χ0v) is 13.9. The minimum atomic E-state index is -0.466. The van der Waals surface area contributed by atoms with Crippen LogP contribution in [0.1, 0.15) is 30.9 Å². The molecule has 2 heterocycles. The summed E-state index contributed by atoms with van der Waals surface area (Å²) in [7, 11) is 1.73. The molecular formula is C17H21ClN2O3. The van der Waals surface area contributed by atoms with E-state index in [0.717, 1.165) is 18.4 Å². The Balaban J connectivity index is 1.87. The molecule has 2 aliphatic heterocycles. The smallest absolute Gasteiger partial charge is 0.228 e. The van der Waals surface area contributed by atoms with E-state index >= 15 is 0 Å². The van der Waals surface area contributed by atoms with Gasteiger partial charge in [0, 0.05) is 31.6 Å². The number of benzene rings is 1. The van der Waals surface area contributed by atoms with Crippen LogP contribution in [0.3, 0.4) is 0 Å². The molecule has 2 aliphatic rings. The minimum Gasteiger partial charge on any atom is -0.391 e. The summed E-state index contributed by atoms with van der Waals surface area (Å²) in [4.78, 5) is 28.4. The third-order valence-corrected chi connectivity index (χ3v) is 5.04. The molecule has 1 aromatic rings. The summed E-state index contributed by atoms with van der Waals surface area (Å²) in [5.74, 6) is -0.506. The molecule has 6 heteroatoms. The summed E-state index contributed by atoms with van der Waals surface area (Å²) in [5.41, 5.74) is 0.877. The molecule has 0 spiro atoms. The Kier molecular flexibility index (Phi) is 4.60. The highest BCUT2D eigenvalue weighted by atomic mass is 35.5. The van der Waals surface area contributed by atoms with E-state index in [1.165, 1.54) is 0 Å². The SMILES string of the molecule is CN1C(=O)CC(C(=O)N2CCCC(O)C2)C1c1cccc(Cl)c1. The second kappa shape index (κ2) is 6.49. The third kappa shape index (κ3) is 3.21. The number of rotatable bonds is 2. The lowest BCUT2D eigenvalue weighted by Gasteiger charge is -2.34. The van der Waals surface area contributed by atoms with Gasteiger partial charge in [-0.15, -0.1) is 0 Å². The van der Waals surface area contributed by atoms with Crippen LogP contribution in [0.5, 0.6) is 0 Å². The topological polar surface area (TPSA) is 60.9 Å². The highest BCUT2D eigenvalue weighted by molar-refractivity contribution is 6.30. The Morgan fingerprint density at radius 2 is 2.17 bits per heavy atom. The maximum atomic E-state index is 12.9. The number of carbonyl (C=O) groups is 2. The van der Waals surface area contributed by atoms with E-state index in [1.807, 2.05) is 18.2 Å². The second-order valence-electron chi connectivity index (χ2n) is 6.40. The van der Waals surface area contributed by atoms with E-state index in [0.29, 0.717) is 18.1 Å². The number of piperidine rings is 1. The molecule has 0 radical (unpaired) electrons. The molecule has 0 aromatic heterocycles. The van der Waals surface area contributed by atoms with Gasteiger partial charge < -0.3 is 14.9 Å². The molecule has 3 rings (SSSR count). The largest absolute Gasteiger partial charge is 0.391 e. The van der Waals surface area contributed by atoms with Gasteiger partial charge >= 0.3 is 0 Å². The fourth-order valence-corrected chi connectivity index (χ4v) is 3.83. The lowest BCUT2D eigenvalue weighted by molar-refractivity contribution is -0.139. The molecule has 0 saturated carbocycles. The summed E-state index contributed by atoms with van der Waals surface area (Å²) in [6, 6.07) is 7.02. The molecule has 5 nitrogen and oxygen atoms in total. The number of β-amino-alcohol motifs (C(OH)–C–C–N with tert-alkyl or cyclic N) is 1. The van der Waals surface area contributed by atoms with Crippen molar-refractivity contribution >= 4 is 23.4 Å². The summed E-state index contributed by atoms with van der Waals surface area (Å²) < 4.78 is 0. The number of carbonyl (C=O) groups excluding carboxylic acids is 2.